The first-order valence-electron chi connectivity index (χ1n) is 8.90. The van der Waals surface area contributed by atoms with Gasteiger partial charge in [0.2, 0.25) is 5.91 Å². The summed E-state index contributed by atoms with van der Waals surface area (Å²) in [6.45, 7) is 1.42. The van der Waals surface area contributed by atoms with Crippen molar-refractivity contribution in [3.8, 4) is 0 Å². The summed E-state index contributed by atoms with van der Waals surface area (Å²) in [4.78, 5) is 22.7. The van der Waals surface area contributed by atoms with Crippen molar-refractivity contribution in [3.63, 3.8) is 0 Å². The van der Waals surface area contributed by atoms with Crippen molar-refractivity contribution in [2.24, 2.45) is 4.99 Å². The van der Waals surface area contributed by atoms with Crippen molar-refractivity contribution in [1.29, 1.82) is 0 Å². The number of hydrogen-bond acceptors (Lipinski definition) is 4. The second-order valence-corrected chi connectivity index (χ2v) is 6.75. The van der Waals surface area contributed by atoms with Crippen LogP contribution in [0.4, 0.5) is 8.78 Å². The molecular weight excluding hydrogens is 362 g/mol. The number of aromatic nitrogens is 1. The van der Waals surface area contributed by atoms with Gasteiger partial charge >= 0.3 is 0 Å². The average molecular weight is 380 g/mol. The van der Waals surface area contributed by atoms with Crippen molar-refractivity contribution in [3.05, 3.63) is 88.4 Å². The fourth-order valence-electron chi connectivity index (χ4n) is 3.23. The van der Waals surface area contributed by atoms with Gasteiger partial charge in [-0.2, -0.15) is 0 Å². The Balaban J connectivity index is 1.36. The average Bonchev–Trinajstić information content (AvgIpc) is 3.13. The van der Waals surface area contributed by atoms with Crippen LogP contribution in [-0.2, 0) is 17.9 Å². The molecule has 0 bridgehead atoms. The number of rotatable bonds is 5. The van der Waals surface area contributed by atoms with E-state index in [2.05, 4.69) is 15.3 Å². The molecule has 1 N–H and O–H groups in total. The Bertz CT molecular complexity index is 999. The van der Waals surface area contributed by atoms with Crippen molar-refractivity contribution < 1.29 is 13.6 Å². The second-order valence-electron chi connectivity index (χ2n) is 6.75. The lowest BCUT2D eigenvalue weighted by molar-refractivity contribution is -0.117. The third-order valence-corrected chi connectivity index (χ3v) is 4.69. The smallest absolute Gasteiger partial charge is 0.247 e. The van der Waals surface area contributed by atoms with Crippen LogP contribution in [0.2, 0.25) is 0 Å². The topological polar surface area (TPSA) is 57.6 Å². The minimum Gasteiger partial charge on any atom is -0.354 e. The van der Waals surface area contributed by atoms with Crippen LogP contribution < -0.4 is 5.32 Å². The van der Waals surface area contributed by atoms with Crippen LogP contribution in [0.25, 0.3) is 0 Å². The van der Waals surface area contributed by atoms with Gasteiger partial charge in [0.15, 0.2) is 11.6 Å². The van der Waals surface area contributed by atoms with Gasteiger partial charge in [-0.3, -0.25) is 9.78 Å². The Labute approximate surface area is 161 Å². The number of halogens is 2. The lowest BCUT2D eigenvalue weighted by Gasteiger charge is -2.23. The van der Waals surface area contributed by atoms with E-state index in [1.807, 2.05) is 23.1 Å². The maximum Gasteiger partial charge on any atom is 0.247 e. The molecule has 0 unspecified atom stereocenters. The van der Waals surface area contributed by atoms with Crippen LogP contribution in [0.3, 0.4) is 0 Å². The van der Waals surface area contributed by atoms with Crippen molar-refractivity contribution in [2.75, 3.05) is 6.54 Å². The zero-order valence-corrected chi connectivity index (χ0v) is 15.0. The summed E-state index contributed by atoms with van der Waals surface area (Å²) in [5, 5.41) is 2.91. The van der Waals surface area contributed by atoms with Crippen LogP contribution in [0.1, 0.15) is 17.5 Å². The number of amides is 1. The number of pyridine rings is 1. The highest BCUT2D eigenvalue weighted by Gasteiger charge is 2.24. The molecule has 1 aliphatic carbocycles. The number of allylic oxidation sites excluding steroid dienone is 1. The van der Waals surface area contributed by atoms with E-state index in [9.17, 15) is 13.6 Å². The molecule has 2 aliphatic rings. The molecule has 4 rings (SSSR count). The third-order valence-electron chi connectivity index (χ3n) is 4.69. The van der Waals surface area contributed by atoms with Gasteiger partial charge in [-0.05, 0) is 47.0 Å². The molecule has 2 heterocycles. The van der Waals surface area contributed by atoms with Gasteiger partial charge in [-0.25, -0.2) is 13.8 Å². The number of aliphatic imine (C=N–C) groups is 1. The highest BCUT2D eigenvalue weighted by atomic mass is 19.2. The molecule has 0 saturated heterocycles. The first-order chi connectivity index (χ1) is 13.6. The molecule has 1 amide bonds. The van der Waals surface area contributed by atoms with E-state index in [4.69, 9.17) is 0 Å². The molecular formula is C21H18F2N4O. The molecule has 0 saturated carbocycles. The maximum atomic E-state index is 13.4. The normalized spacial score (nSPS) is 15.5. The van der Waals surface area contributed by atoms with E-state index in [0.717, 1.165) is 22.9 Å². The van der Waals surface area contributed by atoms with Gasteiger partial charge in [-0.1, -0.05) is 6.07 Å². The fraction of sp³-hybridized carbons (Fsp3) is 0.190. The van der Waals surface area contributed by atoms with Crippen LogP contribution >= 0.6 is 0 Å². The lowest BCUT2D eigenvalue weighted by atomic mass is 10.1. The van der Waals surface area contributed by atoms with Gasteiger partial charge in [0.25, 0.3) is 0 Å². The molecule has 0 atom stereocenters. The van der Waals surface area contributed by atoms with Crippen LogP contribution in [0, 0.1) is 11.6 Å². The van der Waals surface area contributed by atoms with Crippen LogP contribution in [0.15, 0.2) is 70.6 Å². The van der Waals surface area contributed by atoms with Crippen molar-refractivity contribution >= 4 is 12.2 Å². The Hall–Kier alpha value is -3.35. The van der Waals surface area contributed by atoms with E-state index < -0.39 is 11.6 Å². The summed E-state index contributed by atoms with van der Waals surface area (Å²) in [6, 6.07) is 7.57. The van der Waals surface area contributed by atoms with Crippen LogP contribution in [0.5, 0.6) is 0 Å². The molecule has 28 heavy (non-hydrogen) atoms. The minimum absolute atomic E-state index is 0.117. The number of nitrogens with zero attached hydrogens (tertiary/aromatic N) is 3. The first kappa shape index (κ1) is 18.0. The van der Waals surface area contributed by atoms with Gasteiger partial charge in [0.05, 0.1) is 12.0 Å². The maximum absolute atomic E-state index is 13.4. The molecule has 142 valence electrons. The summed E-state index contributed by atoms with van der Waals surface area (Å²) in [5.74, 6) is -1.84. The largest absolute Gasteiger partial charge is 0.354 e. The highest BCUT2D eigenvalue weighted by molar-refractivity contribution is 5.95. The van der Waals surface area contributed by atoms with Crippen molar-refractivity contribution in [1.82, 2.24) is 15.2 Å². The zero-order chi connectivity index (χ0) is 19.5. The number of nitrogens with one attached hydrogen (secondary N) is 1. The monoisotopic (exact) mass is 380 g/mol. The molecule has 1 aromatic carbocycles. The van der Waals surface area contributed by atoms with E-state index in [1.54, 1.807) is 24.8 Å². The van der Waals surface area contributed by atoms with Gasteiger partial charge in [0.1, 0.15) is 0 Å². The summed E-state index contributed by atoms with van der Waals surface area (Å²) >= 11 is 0. The molecule has 0 spiro atoms. The number of carbonyl (C=O) groups is 1. The number of hydrogen-bond donors (Lipinski definition) is 1. The highest BCUT2D eigenvalue weighted by Crippen LogP contribution is 2.29. The Morgan fingerprint density at radius 3 is 2.71 bits per heavy atom. The summed E-state index contributed by atoms with van der Waals surface area (Å²) in [6.07, 6.45) is 7.42. The summed E-state index contributed by atoms with van der Waals surface area (Å²) in [7, 11) is 0. The summed E-state index contributed by atoms with van der Waals surface area (Å²) < 4.78 is 26.5. The second kappa shape index (κ2) is 7.72. The molecule has 0 fully saturated rings. The molecule has 1 aliphatic heterocycles. The molecule has 0 radical (unpaired) electrons. The fourth-order valence-corrected chi connectivity index (χ4v) is 3.23. The Kier molecular flexibility index (Phi) is 4.97. The number of benzene rings is 1. The predicted octanol–water partition coefficient (Wildman–Crippen LogP) is 3.10. The summed E-state index contributed by atoms with van der Waals surface area (Å²) in [5.41, 5.74) is 4.16. The Morgan fingerprint density at radius 1 is 1.11 bits per heavy atom. The third kappa shape index (κ3) is 3.98. The molecule has 7 heteroatoms. The van der Waals surface area contributed by atoms with Crippen molar-refractivity contribution in [2.45, 2.75) is 19.5 Å². The molecule has 2 aromatic rings. The van der Waals surface area contributed by atoms with Crippen LogP contribution in [-0.4, -0.2) is 28.7 Å². The van der Waals surface area contributed by atoms with Gasteiger partial charge < -0.3 is 10.2 Å². The Morgan fingerprint density at radius 2 is 1.93 bits per heavy atom. The first-order valence-corrected chi connectivity index (χ1v) is 8.90. The predicted molar refractivity (Wildman–Crippen MR) is 101 cm³/mol. The zero-order valence-electron chi connectivity index (χ0n) is 15.0. The van der Waals surface area contributed by atoms with E-state index in [1.165, 1.54) is 6.07 Å². The minimum atomic E-state index is -0.861. The van der Waals surface area contributed by atoms with E-state index >= 15 is 0 Å². The lowest BCUT2D eigenvalue weighted by Crippen LogP contribution is -2.26. The number of carbonyl (C=O) groups excluding carboxylic acids is 1. The van der Waals surface area contributed by atoms with Gasteiger partial charge in [0, 0.05) is 44.0 Å². The molecule has 1 aromatic heterocycles. The standard InChI is InChI=1S/C21H18F2N4O/c22-18-2-1-15(7-19(18)23)11-27-12-17-8-16(9-20(17)26-13-27)21(28)25-10-14-3-5-24-6-4-14/h1-8,13H,9-12H2,(H,25,28). The van der Waals surface area contributed by atoms with E-state index in [0.29, 0.717) is 37.2 Å². The van der Waals surface area contributed by atoms with Gasteiger partial charge in [-0.15, -0.1) is 0 Å². The van der Waals surface area contributed by atoms with E-state index in [-0.39, 0.29) is 5.91 Å². The quantitative estimate of drug-likeness (QED) is 0.867. The SMILES string of the molecule is O=C(NCc1ccncc1)C1=CC2=C(C1)N=CN(Cc1ccc(F)c(F)c1)C2. The molecule has 5 nitrogen and oxygen atoms in total.